The van der Waals surface area contributed by atoms with Gasteiger partial charge in [0.05, 0.1) is 12.2 Å². The molecule has 0 fully saturated rings. The lowest BCUT2D eigenvalue weighted by Crippen LogP contribution is -2.09. The van der Waals surface area contributed by atoms with Gasteiger partial charge in [-0.15, -0.1) is 0 Å². The van der Waals surface area contributed by atoms with Gasteiger partial charge >= 0.3 is 0 Å². The Bertz CT molecular complexity index is 456. The number of rotatable bonds is 4. The van der Waals surface area contributed by atoms with E-state index in [9.17, 15) is 4.39 Å². The van der Waals surface area contributed by atoms with Crippen LogP contribution in [0.4, 0.5) is 10.1 Å². The third-order valence-corrected chi connectivity index (χ3v) is 2.11. The van der Waals surface area contributed by atoms with Crippen molar-refractivity contribution in [3.63, 3.8) is 0 Å². The van der Waals surface area contributed by atoms with Gasteiger partial charge < -0.3 is 10.5 Å². The van der Waals surface area contributed by atoms with E-state index in [0.717, 1.165) is 0 Å². The second-order valence-corrected chi connectivity index (χ2v) is 3.30. The number of nitrogens with two attached hydrogens (primary N) is 1. The Morgan fingerprint density at radius 2 is 2.31 bits per heavy atom. The molecule has 1 heterocycles. The lowest BCUT2D eigenvalue weighted by Gasteiger charge is -2.08. The van der Waals surface area contributed by atoms with E-state index in [0.29, 0.717) is 24.6 Å². The highest BCUT2D eigenvalue weighted by Crippen LogP contribution is 2.21. The second kappa shape index (κ2) is 4.65. The Labute approximate surface area is 92.4 Å². The van der Waals surface area contributed by atoms with Gasteiger partial charge in [0.25, 0.3) is 0 Å². The van der Waals surface area contributed by atoms with Gasteiger partial charge in [-0.05, 0) is 18.2 Å². The maximum atomic E-state index is 12.7. The molecule has 1 aromatic heterocycles. The molecule has 0 saturated carbocycles. The van der Waals surface area contributed by atoms with Crippen molar-refractivity contribution in [1.29, 1.82) is 0 Å². The van der Waals surface area contributed by atoms with Crippen LogP contribution in [-0.2, 0) is 6.54 Å². The molecule has 0 spiro atoms. The zero-order valence-corrected chi connectivity index (χ0v) is 8.64. The molecule has 84 valence electrons. The van der Waals surface area contributed by atoms with Crippen LogP contribution in [0.5, 0.6) is 5.75 Å². The van der Waals surface area contributed by atoms with Crippen LogP contribution >= 0.6 is 0 Å². The van der Waals surface area contributed by atoms with Gasteiger partial charge in [0.2, 0.25) is 0 Å². The molecule has 2 aromatic rings. The highest BCUT2D eigenvalue weighted by atomic mass is 19.1. The summed E-state index contributed by atoms with van der Waals surface area (Å²) >= 11 is 0. The molecule has 0 aliphatic rings. The maximum Gasteiger partial charge on any atom is 0.142 e. The van der Waals surface area contributed by atoms with Crippen molar-refractivity contribution in [2.24, 2.45) is 0 Å². The first-order chi connectivity index (χ1) is 7.75. The summed E-state index contributed by atoms with van der Waals surface area (Å²) in [5.74, 6) is 0.130. The molecule has 0 saturated heterocycles. The number of hydrogen-bond acceptors (Lipinski definition) is 3. The van der Waals surface area contributed by atoms with Crippen molar-refractivity contribution in [1.82, 2.24) is 9.78 Å². The van der Waals surface area contributed by atoms with Crippen molar-refractivity contribution in [2.75, 3.05) is 12.3 Å². The van der Waals surface area contributed by atoms with Crippen molar-refractivity contribution in [3.8, 4) is 5.75 Å². The van der Waals surface area contributed by atoms with E-state index in [2.05, 4.69) is 5.10 Å². The number of anilines is 1. The molecule has 2 N–H and O–H groups in total. The van der Waals surface area contributed by atoms with Gasteiger partial charge in [0, 0.05) is 18.5 Å². The summed E-state index contributed by atoms with van der Waals surface area (Å²) in [6.07, 6.45) is 3.55. The minimum Gasteiger partial charge on any atom is -0.489 e. The molecule has 4 nitrogen and oxygen atoms in total. The number of benzene rings is 1. The summed E-state index contributed by atoms with van der Waals surface area (Å²) in [6, 6.07) is 5.92. The van der Waals surface area contributed by atoms with Crippen molar-refractivity contribution >= 4 is 5.69 Å². The van der Waals surface area contributed by atoms with Crippen LogP contribution in [-0.4, -0.2) is 16.4 Å². The highest BCUT2D eigenvalue weighted by Gasteiger charge is 2.01. The first-order valence-electron chi connectivity index (χ1n) is 4.91. The Kier molecular flexibility index (Phi) is 3.05. The summed E-state index contributed by atoms with van der Waals surface area (Å²) in [6.45, 7) is 1.07. The van der Waals surface area contributed by atoms with Crippen molar-refractivity contribution in [2.45, 2.75) is 6.54 Å². The lowest BCUT2D eigenvalue weighted by atomic mass is 10.3. The summed E-state index contributed by atoms with van der Waals surface area (Å²) in [5.41, 5.74) is 5.90. The second-order valence-electron chi connectivity index (χ2n) is 3.30. The molecule has 0 atom stereocenters. The number of nitrogen functional groups attached to an aromatic ring is 1. The van der Waals surface area contributed by atoms with Crippen molar-refractivity contribution < 1.29 is 9.13 Å². The van der Waals surface area contributed by atoms with Gasteiger partial charge in [-0.2, -0.15) is 5.10 Å². The maximum absolute atomic E-state index is 12.7. The summed E-state index contributed by atoms with van der Waals surface area (Å²) < 4.78 is 19.9. The van der Waals surface area contributed by atoms with E-state index in [1.165, 1.54) is 18.2 Å². The largest absolute Gasteiger partial charge is 0.489 e. The van der Waals surface area contributed by atoms with Crippen LogP contribution < -0.4 is 10.5 Å². The Balaban J connectivity index is 1.90. The minimum atomic E-state index is -0.364. The molecule has 0 radical (unpaired) electrons. The number of aromatic nitrogens is 2. The van der Waals surface area contributed by atoms with E-state index in [1.807, 2.05) is 12.3 Å². The molecule has 0 bridgehead atoms. The number of nitrogens with zero attached hydrogens (tertiary/aromatic N) is 2. The number of halogens is 1. The van der Waals surface area contributed by atoms with Crippen LogP contribution in [0.25, 0.3) is 0 Å². The lowest BCUT2D eigenvalue weighted by molar-refractivity contribution is 0.292. The molecule has 2 rings (SSSR count). The minimum absolute atomic E-state index is 0.306. The van der Waals surface area contributed by atoms with Crippen molar-refractivity contribution in [3.05, 3.63) is 42.5 Å². The third-order valence-electron chi connectivity index (χ3n) is 2.11. The van der Waals surface area contributed by atoms with Crippen LogP contribution in [0.3, 0.4) is 0 Å². The predicted molar refractivity (Wildman–Crippen MR) is 58.5 cm³/mol. The fraction of sp³-hybridized carbons (Fsp3) is 0.182. The summed E-state index contributed by atoms with van der Waals surface area (Å²) in [7, 11) is 0. The molecule has 0 unspecified atom stereocenters. The molecular formula is C11H12FN3O. The topological polar surface area (TPSA) is 53.1 Å². The zero-order valence-electron chi connectivity index (χ0n) is 8.64. The molecule has 0 aliphatic carbocycles. The number of hydrogen-bond donors (Lipinski definition) is 1. The highest BCUT2D eigenvalue weighted by molar-refractivity contribution is 5.52. The van der Waals surface area contributed by atoms with E-state index < -0.39 is 0 Å². The van der Waals surface area contributed by atoms with Crippen LogP contribution in [0.15, 0.2) is 36.7 Å². The Morgan fingerprint density at radius 1 is 1.44 bits per heavy atom. The molecule has 0 amide bonds. The van der Waals surface area contributed by atoms with E-state index in [-0.39, 0.29) is 5.82 Å². The summed E-state index contributed by atoms with van der Waals surface area (Å²) in [5, 5.41) is 4.03. The Morgan fingerprint density at radius 3 is 3.00 bits per heavy atom. The van der Waals surface area contributed by atoms with Gasteiger partial charge in [0.1, 0.15) is 18.2 Å². The first-order valence-corrected chi connectivity index (χ1v) is 4.91. The summed E-state index contributed by atoms with van der Waals surface area (Å²) in [4.78, 5) is 0. The zero-order chi connectivity index (χ0) is 11.4. The first kappa shape index (κ1) is 10.5. The van der Waals surface area contributed by atoms with Gasteiger partial charge in [-0.3, -0.25) is 4.68 Å². The van der Waals surface area contributed by atoms with E-state index >= 15 is 0 Å². The standard InChI is InChI=1S/C11H12FN3O/c12-9-2-3-11(10(13)8-9)16-7-6-15-5-1-4-14-15/h1-5,8H,6-7,13H2. The molecular weight excluding hydrogens is 209 g/mol. The van der Waals surface area contributed by atoms with Crippen LogP contribution in [0, 0.1) is 5.82 Å². The van der Waals surface area contributed by atoms with E-state index in [1.54, 1.807) is 10.9 Å². The smallest absolute Gasteiger partial charge is 0.142 e. The normalized spacial score (nSPS) is 10.3. The van der Waals surface area contributed by atoms with Crippen LogP contribution in [0.2, 0.25) is 0 Å². The van der Waals surface area contributed by atoms with E-state index in [4.69, 9.17) is 10.5 Å². The molecule has 1 aromatic carbocycles. The molecule has 5 heteroatoms. The average Bonchev–Trinajstić information content (AvgIpc) is 2.74. The molecule has 0 aliphatic heterocycles. The SMILES string of the molecule is Nc1cc(F)ccc1OCCn1cccn1. The monoisotopic (exact) mass is 221 g/mol. The quantitative estimate of drug-likeness (QED) is 0.799. The molecule has 16 heavy (non-hydrogen) atoms. The van der Waals surface area contributed by atoms with Gasteiger partial charge in [0.15, 0.2) is 0 Å². The van der Waals surface area contributed by atoms with Gasteiger partial charge in [-0.25, -0.2) is 4.39 Å². The average molecular weight is 221 g/mol. The van der Waals surface area contributed by atoms with Crippen LogP contribution in [0.1, 0.15) is 0 Å². The fourth-order valence-corrected chi connectivity index (χ4v) is 1.33. The number of ether oxygens (including phenoxy) is 1. The van der Waals surface area contributed by atoms with Gasteiger partial charge in [-0.1, -0.05) is 0 Å². The third kappa shape index (κ3) is 2.50. The predicted octanol–water partition coefficient (Wildman–Crippen LogP) is 1.68. The fourth-order valence-electron chi connectivity index (χ4n) is 1.33. The Hall–Kier alpha value is -2.04.